The Kier molecular flexibility index (Phi) is 5.42. The Bertz CT molecular complexity index is 623. The maximum absolute atomic E-state index is 11.0. The molecule has 1 fully saturated rings. The molecule has 1 aliphatic heterocycles. The van der Waals surface area contributed by atoms with E-state index in [1.165, 1.54) is 10.8 Å². The maximum atomic E-state index is 11.0. The number of nitrogens with zero attached hydrogens (tertiary/aromatic N) is 4. The molecule has 0 amide bonds. The first-order chi connectivity index (χ1) is 10.4. The quantitative estimate of drug-likeness (QED) is 0.385. The molecule has 1 aliphatic rings. The third-order valence-electron chi connectivity index (χ3n) is 3.32. The van der Waals surface area contributed by atoms with Crippen molar-refractivity contribution in [3.05, 3.63) is 22.1 Å². The number of rotatable bonds is 7. The average molecular weight is 333 g/mol. The Balaban J connectivity index is 2.09. The molecule has 1 aromatic heterocycles. The van der Waals surface area contributed by atoms with Crippen LogP contribution in [0.2, 0.25) is 0 Å². The molecule has 0 aliphatic carbocycles. The van der Waals surface area contributed by atoms with Crippen molar-refractivity contribution in [2.24, 2.45) is 5.14 Å². The standard InChI is InChI=1S/C10H19N7O4S/c11-22(20,21)14-3-6-16-9(13-7-10(16)17(18)19)8-15-4-1-12-2-5-15/h7,12,14H,1-6,8H2,(H2,11,20,21). The van der Waals surface area contributed by atoms with Crippen LogP contribution in [0.3, 0.4) is 0 Å². The summed E-state index contributed by atoms with van der Waals surface area (Å²) in [5, 5.41) is 19.1. The fourth-order valence-corrected chi connectivity index (χ4v) is 2.66. The fraction of sp³-hybridized carbons (Fsp3) is 0.700. The predicted molar refractivity (Wildman–Crippen MR) is 78.1 cm³/mol. The van der Waals surface area contributed by atoms with Crippen molar-refractivity contribution in [2.45, 2.75) is 13.1 Å². The summed E-state index contributed by atoms with van der Waals surface area (Å²) in [6.07, 6.45) is 1.19. The topological polar surface area (TPSA) is 148 Å². The van der Waals surface area contributed by atoms with Crippen LogP contribution in [0, 0.1) is 10.1 Å². The van der Waals surface area contributed by atoms with Gasteiger partial charge < -0.3 is 15.4 Å². The van der Waals surface area contributed by atoms with E-state index < -0.39 is 15.1 Å². The molecule has 0 bridgehead atoms. The molecule has 0 spiro atoms. The van der Waals surface area contributed by atoms with E-state index in [9.17, 15) is 18.5 Å². The SMILES string of the molecule is NS(=O)(=O)NCCn1c([N+](=O)[O-])cnc1CN1CCNCC1. The van der Waals surface area contributed by atoms with E-state index in [0.717, 1.165) is 26.2 Å². The first-order valence-electron chi connectivity index (χ1n) is 6.76. The molecule has 1 saturated heterocycles. The molecule has 12 heteroatoms. The minimum Gasteiger partial charge on any atom is -0.358 e. The zero-order valence-electron chi connectivity index (χ0n) is 11.9. The zero-order chi connectivity index (χ0) is 16.2. The summed E-state index contributed by atoms with van der Waals surface area (Å²) in [6.45, 7) is 3.90. The van der Waals surface area contributed by atoms with Crippen molar-refractivity contribution in [3.63, 3.8) is 0 Å². The van der Waals surface area contributed by atoms with Gasteiger partial charge in [-0.05, 0) is 4.92 Å². The lowest BCUT2D eigenvalue weighted by atomic mass is 10.3. The summed E-state index contributed by atoms with van der Waals surface area (Å²) < 4.78 is 25.3. The van der Waals surface area contributed by atoms with E-state index in [1.807, 2.05) is 0 Å². The van der Waals surface area contributed by atoms with E-state index in [1.54, 1.807) is 0 Å². The van der Waals surface area contributed by atoms with Crippen molar-refractivity contribution in [3.8, 4) is 0 Å². The molecular formula is C10H19N7O4S. The van der Waals surface area contributed by atoms with Crippen LogP contribution in [0.25, 0.3) is 0 Å². The zero-order valence-corrected chi connectivity index (χ0v) is 12.8. The van der Waals surface area contributed by atoms with Gasteiger partial charge in [0.1, 0.15) is 12.7 Å². The highest BCUT2D eigenvalue weighted by molar-refractivity contribution is 7.87. The molecule has 4 N–H and O–H groups in total. The van der Waals surface area contributed by atoms with E-state index >= 15 is 0 Å². The normalized spacial score (nSPS) is 16.8. The number of piperazine rings is 1. The number of nitro groups is 1. The number of imidazole rings is 1. The lowest BCUT2D eigenvalue weighted by Gasteiger charge is -2.26. The van der Waals surface area contributed by atoms with Crippen LogP contribution in [0.1, 0.15) is 5.82 Å². The summed E-state index contributed by atoms with van der Waals surface area (Å²) in [4.78, 5) is 16.7. The summed E-state index contributed by atoms with van der Waals surface area (Å²) in [7, 11) is -3.82. The van der Waals surface area contributed by atoms with E-state index in [2.05, 4.69) is 19.9 Å². The van der Waals surface area contributed by atoms with Crippen molar-refractivity contribution < 1.29 is 13.3 Å². The van der Waals surface area contributed by atoms with Crippen molar-refractivity contribution in [2.75, 3.05) is 32.7 Å². The minimum atomic E-state index is -3.82. The van der Waals surface area contributed by atoms with Crippen LogP contribution in [0.5, 0.6) is 0 Å². The van der Waals surface area contributed by atoms with E-state index in [4.69, 9.17) is 5.14 Å². The molecule has 0 aromatic carbocycles. The number of nitrogens with one attached hydrogen (secondary N) is 2. The van der Waals surface area contributed by atoms with Gasteiger partial charge in [0.05, 0.1) is 6.54 Å². The summed E-state index contributed by atoms with van der Waals surface area (Å²) >= 11 is 0. The van der Waals surface area contributed by atoms with Gasteiger partial charge in [0, 0.05) is 32.7 Å². The van der Waals surface area contributed by atoms with Crippen molar-refractivity contribution in [1.29, 1.82) is 0 Å². The van der Waals surface area contributed by atoms with Crippen LogP contribution in [0.15, 0.2) is 6.20 Å². The lowest BCUT2D eigenvalue weighted by molar-refractivity contribution is -0.392. The monoisotopic (exact) mass is 333 g/mol. The summed E-state index contributed by atoms with van der Waals surface area (Å²) in [5.74, 6) is 0.367. The third kappa shape index (κ3) is 4.71. The second-order valence-electron chi connectivity index (χ2n) is 4.91. The molecule has 0 radical (unpaired) electrons. The van der Waals surface area contributed by atoms with Gasteiger partial charge in [-0.25, -0.2) is 14.7 Å². The molecule has 2 heterocycles. The van der Waals surface area contributed by atoms with Crippen LogP contribution < -0.4 is 15.2 Å². The average Bonchev–Trinajstić information content (AvgIpc) is 2.82. The molecule has 0 atom stereocenters. The van der Waals surface area contributed by atoms with Gasteiger partial charge in [-0.1, -0.05) is 0 Å². The van der Waals surface area contributed by atoms with Gasteiger partial charge in [0.2, 0.25) is 5.82 Å². The van der Waals surface area contributed by atoms with E-state index in [0.29, 0.717) is 12.4 Å². The Morgan fingerprint density at radius 1 is 1.45 bits per heavy atom. The second-order valence-corrected chi connectivity index (χ2v) is 6.29. The molecule has 124 valence electrons. The molecular weight excluding hydrogens is 314 g/mol. The number of hydrogen-bond donors (Lipinski definition) is 3. The van der Waals surface area contributed by atoms with Gasteiger partial charge in [-0.15, -0.1) is 0 Å². The van der Waals surface area contributed by atoms with Crippen LogP contribution >= 0.6 is 0 Å². The van der Waals surface area contributed by atoms with Crippen LogP contribution in [0.4, 0.5) is 5.82 Å². The maximum Gasteiger partial charge on any atom is 0.342 e. The van der Waals surface area contributed by atoms with Crippen LogP contribution in [-0.2, 0) is 23.3 Å². The molecule has 22 heavy (non-hydrogen) atoms. The summed E-state index contributed by atoms with van der Waals surface area (Å²) in [6, 6.07) is 0. The smallest absolute Gasteiger partial charge is 0.342 e. The second kappa shape index (κ2) is 7.11. The van der Waals surface area contributed by atoms with E-state index in [-0.39, 0.29) is 18.9 Å². The third-order valence-corrected chi connectivity index (χ3v) is 3.92. The number of aromatic nitrogens is 2. The van der Waals surface area contributed by atoms with Gasteiger partial charge in [-0.3, -0.25) is 4.90 Å². The Morgan fingerprint density at radius 3 is 2.73 bits per heavy atom. The molecule has 0 saturated carbocycles. The van der Waals surface area contributed by atoms with Gasteiger partial charge in [0.15, 0.2) is 0 Å². The fourth-order valence-electron chi connectivity index (χ4n) is 2.29. The Morgan fingerprint density at radius 2 is 2.14 bits per heavy atom. The van der Waals surface area contributed by atoms with Crippen molar-refractivity contribution in [1.82, 2.24) is 24.5 Å². The predicted octanol–water partition coefficient (Wildman–Crippen LogP) is -2.01. The highest BCUT2D eigenvalue weighted by atomic mass is 32.2. The molecule has 1 aromatic rings. The van der Waals surface area contributed by atoms with Crippen LogP contribution in [-0.4, -0.2) is 60.5 Å². The minimum absolute atomic E-state index is 0.0371. The molecule has 2 rings (SSSR count). The molecule has 11 nitrogen and oxygen atoms in total. The largest absolute Gasteiger partial charge is 0.358 e. The number of hydrogen-bond acceptors (Lipinski definition) is 7. The first-order valence-corrected chi connectivity index (χ1v) is 8.31. The lowest BCUT2D eigenvalue weighted by Crippen LogP contribution is -2.43. The first kappa shape index (κ1) is 16.8. The van der Waals surface area contributed by atoms with Crippen molar-refractivity contribution >= 4 is 16.0 Å². The van der Waals surface area contributed by atoms with Gasteiger partial charge in [0.25, 0.3) is 10.2 Å². The Hall–Kier alpha value is -1.60. The van der Waals surface area contributed by atoms with Gasteiger partial charge >= 0.3 is 5.82 Å². The molecule has 0 unspecified atom stereocenters. The summed E-state index contributed by atoms with van der Waals surface area (Å²) in [5.41, 5.74) is 0. The number of nitrogens with two attached hydrogens (primary N) is 1. The van der Waals surface area contributed by atoms with Gasteiger partial charge in [-0.2, -0.15) is 13.1 Å². The Labute approximate surface area is 127 Å². The highest BCUT2D eigenvalue weighted by Crippen LogP contribution is 2.15. The highest BCUT2D eigenvalue weighted by Gasteiger charge is 2.22.